The summed E-state index contributed by atoms with van der Waals surface area (Å²) >= 11 is 5.63. The van der Waals surface area contributed by atoms with Crippen molar-refractivity contribution in [3.05, 3.63) is 12.2 Å². The fourth-order valence-corrected chi connectivity index (χ4v) is 1.16. The fourth-order valence-electron chi connectivity index (χ4n) is 0.948. The van der Waals surface area contributed by atoms with Crippen LogP contribution in [0, 0.1) is 0 Å². The summed E-state index contributed by atoms with van der Waals surface area (Å²) in [5, 5.41) is 7.61. The van der Waals surface area contributed by atoms with Crippen LogP contribution >= 0.6 is 11.6 Å². The minimum absolute atomic E-state index is 0.410. The van der Waals surface area contributed by atoms with Crippen molar-refractivity contribution in [3.8, 4) is 0 Å². The molecule has 0 saturated carbocycles. The molecule has 0 bridgehead atoms. The van der Waals surface area contributed by atoms with Gasteiger partial charge in [-0.25, -0.2) is 0 Å². The summed E-state index contributed by atoms with van der Waals surface area (Å²) in [6, 6.07) is 0. The Kier molecular flexibility index (Phi) is 4.04. The van der Waals surface area contributed by atoms with Gasteiger partial charge in [-0.3, -0.25) is 0 Å². The van der Waals surface area contributed by atoms with Crippen LogP contribution in [0.1, 0.15) is 12.2 Å². The van der Waals surface area contributed by atoms with Crippen LogP contribution in [0.15, 0.2) is 6.33 Å². The molecule has 0 aromatic carbocycles. The second-order valence-corrected chi connectivity index (χ2v) is 2.69. The van der Waals surface area contributed by atoms with Gasteiger partial charge in [-0.05, 0) is 6.42 Å². The number of halogens is 1. The van der Waals surface area contributed by atoms with Crippen molar-refractivity contribution >= 4 is 11.6 Å². The number of aryl methyl sites for hydroxylation is 1. The summed E-state index contributed by atoms with van der Waals surface area (Å²) in [6.07, 6.45) is 2.64. The molecular formula is C7H12ClN3O. The average molecular weight is 190 g/mol. The Morgan fingerprint density at radius 2 is 2.50 bits per heavy atom. The number of alkyl halides is 1. The third kappa shape index (κ3) is 2.46. The molecule has 0 aliphatic carbocycles. The topological polar surface area (TPSA) is 39.9 Å². The molecule has 0 fully saturated rings. The van der Waals surface area contributed by atoms with Gasteiger partial charge in [0.2, 0.25) is 0 Å². The minimum Gasteiger partial charge on any atom is -0.385 e. The summed E-state index contributed by atoms with van der Waals surface area (Å²) in [7, 11) is 1.69. The number of nitrogens with zero attached hydrogens (tertiary/aromatic N) is 3. The van der Waals surface area contributed by atoms with Gasteiger partial charge >= 0.3 is 0 Å². The Bertz CT molecular complexity index is 226. The van der Waals surface area contributed by atoms with Crippen LogP contribution in [0.5, 0.6) is 0 Å². The van der Waals surface area contributed by atoms with E-state index in [-0.39, 0.29) is 0 Å². The molecule has 0 aliphatic rings. The molecule has 0 spiro atoms. The Labute approximate surface area is 76.5 Å². The number of methoxy groups -OCH3 is 1. The van der Waals surface area contributed by atoms with Crippen molar-refractivity contribution in [2.75, 3.05) is 13.7 Å². The van der Waals surface area contributed by atoms with Gasteiger partial charge in [0.15, 0.2) is 0 Å². The maximum atomic E-state index is 5.63. The van der Waals surface area contributed by atoms with Gasteiger partial charge in [0, 0.05) is 20.3 Å². The van der Waals surface area contributed by atoms with Crippen LogP contribution in [0.2, 0.25) is 0 Å². The molecule has 1 rings (SSSR count). The Morgan fingerprint density at radius 1 is 1.67 bits per heavy atom. The predicted octanol–water partition coefficient (Wildman–Crippen LogP) is 1.05. The standard InChI is InChI=1S/C7H12ClN3O/c1-12-4-2-3-11-6-9-10-7(11)5-8/h6H,2-5H2,1H3. The van der Waals surface area contributed by atoms with Crippen LogP contribution < -0.4 is 0 Å². The van der Waals surface area contributed by atoms with E-state index in [1.807, 2.05) is 4.57 Å². The third-order valence-electron chi connectivity index (χ3n) is 1.56. The van der Waals surface area contributed by atoms with Gasteiger partial charge < -0.3 is 9.30 Å². The van der Waals surface area contributed by atoms with E-state index in [4.69, 9.17) is 16.3 Å². The number of rotatable bonds is 5. The van der Waals surface area contributed by atoms with Crippen molar-refractivity contribution < 1.29 is 4.74 Å². The monoisotopic (exact) mass is 189 g/mol. The first-order valence-corrected chi connectivity index (χ1v) is 4.33. The van der Waals surface area contributed by atoms with Crippen molar-refractivity contribution in [2.45, 2.75) is 18.8 Å². The lowest BCUT2D eigenvalue weighted by Crippen LogP contribution is -2.03. The quantitative estimate of drug-likeness (QED) is 0.514. The Morgan fingerprint density at radius 3 is 3.17 bits per heavy atom. The van der Waals surface area contributed by atoms with Crippen LogP contribution in [0.3, 0.4) is 0 Å². The van der Waals surface area contributed by atoms with E-state index in [9.17, 15) is 0 Å². The molecule has 12 heavy (non-hydrogen) atoms. The SMILES string of the molecule is COCCCn1cnnc1CCl. The number of hydrogen-bond acceptors (Lipinski definition) is 3. The lowest BCUT2D eigenvalue weighted by atomic mass is 10.4. The van der Waals surface area contributed by atoms with Crippen LogP contribution in [-0.4, -0.2) is 28.5 Å². The average Bonchev–Trinajstić information content (AvgIpc) is 2.52. The van der Waals surface area contributed by atoms with Crippen LogP contribution in [0.4, 0.5) is 0 Å². The van der Waals surface area contributed by atoms with Gasteiger partial charge in [-0.1, -0.05) is 0 Å². The van der Waals surface area contributed by atoms with Crippen molar-refractivity contribution in [1.82, 2.24) is 14.8 Å². The highest BCUT2D eigenvalue weighted by Gasteiger charge is 2.00. The van der Waals surface area contributed by atoms with Crippen molar-refractivity contribution in [3.63, 3.8) is 0 Å². The largest absolute Gasteiger partial charge is 0.385 e. The van der Waals surface area contributed by atoms with Gasteiger partial charge in [0.1, 0.15) is 12.2 Å². The van der Waals surface area contributed by atoms with E-state index in [2.05, 4.69) is 10.2 Å². The van der Waals surface area contributed by atoms with Gasteiger partial charge in [0.05, 0.1) is 5.88 Å². The molecule has 1 aromatic heterocycles. The molecule has 1 aromatic rings. The highest BCUT2D eigenvalue weighted by atomic mass is 35.5. The Hall–Kier alpha value is -0.610. The number of hydrogen-bond donors (Lipinski definition) is 0. The highest BCUT2D eigenvalue weighted by Crippen LogP contribution is 2.00. The summed E-state index contributed by atoms with van der Waals surface area (Å²) in [5.74, 6) is 1.22. The lowest BCUT2D eigenvalue weighted by Gasteiger charge is -2.02. The molecule has 0 unspecified atom stereocenters. The van der Waals surface area contributed by atoms with E-state index in [1.54, 1.807) is 13.4 Å². The molecule has 68 valence electrons. The highest BCUT2D eigenvalue weighted by molar-refractivity contribution is 6.16. The van der Waals surface area contributed by atoms with Gasteiger partial charge in [-0.2, -0.15) is 0 Å². The second kappa shape index (κ2) is 5.11. The molecule has 0 saturated heterocycles. The fraction of sp³-hybridized carbons (Fsp3) is 0.714. The van der Waals surface area contributed by atoms with E-state index in [0.29, 0.717) is 5.88 Å². The molecule has 4 nitrogen and oxygen atoms in total. The molecule has 0 radical (unpaired) electrons. The van der Waals surface area contributed by atoms with E-state index < -0.39 is 0 Å². The van der Waals surface area contributed by atoms with Gasteiger partial charge in [0.25, 0.3) is 0 Å². The maximum absolute atomic E-state index is 5.63. The van der Waals surface area contributed by atoms with Crippen molar-refractivity contribution in [1.29, 1.82) is 0 Å². The third-order valence-corrected chi connectivity index (χ3v) is 1.80. The smallest absolute Gasteiger partial charge is 0.147 e. The Balaban J connectivity index is 2.39. The zero-order valence-corrected chi connectivity index (χ0v) is 7.79. The summed E-state index contributed by atoms with van der Waals surface area (Å²) in [5.41, 5.74) is 0. The van der Waals surface area contributed by atoms with Crippen LogP contribution in [-0.2, 0) is 17.2 Å². The molecule has 1 heterocycles. The van der Waals surface area contributed by atoms with Crippen molar-refractivity contribution in [2.24, 2.45) is 0 Å². The molecular weight excluding hydrogens is 178 g/mol. The normalized spacial score (nSPS) is 10.5. The van der Waals surface area contributed by atoms with Gasteiger partial charge in [-0.15, -0.1) is 21.8 Å². The first-order chi connectivity index (χ1) is 5.88. The molecule has 0 aliphatic heterocycles. The zero-order chi connectivity index (χ0) is 8.81. The predicted molar refractivity (Wildman–Crippen MR) is 46.1 cm³/mol. The lowest BCUT2D eigenvalue weighted by molar-refractivity contribution is 0.190. The van der Waals surface area contributed by atoms with E-state index in [1.165, 1.54) is 0 Å². The minimum atomic E-state index is 0.410. The molecule has 0 amide bonds. The summed E-state index contributed by atoms with van der Waals surface area (Å²) in [6.45, 7) is 1.61. The maximum Gasteiger partial charge on any atom is 0.147 e. The molecule has 0 atom stereocenters. The summed E-state index contributed by atoms with van der Waals surface area (Å²) in [4.78, 5) is 0. The molecule has 5 heteroatoms. The first-order valence-electron chi connectivity index (χ1n) is 3.80. The van der Waals surface area contributed by atoms with Crippen LogP contribution in [0.25, 0.3) is 0 Å². The summed E-state index contributed by atoms with van der Waals surface area (Å²) < 4.78 is 6.86. The first kappa shape index (κ1) is 9.48. The number of ether oxygens (including phenoxy) is 1. The van der Waals surface area contributed by atoms with E-state index >= 15 is 0 Å². The molecule has 0 N–H and O–H groups in total. The second-order valence-electron chi connectivity index (χ2n) is 2.42. The number of aromatic nitrogens is 3. The van der Waals surface area contributed by atoms with E-state index in [0.717, 1.165) is 25.4 Å². The zero-order valence-electron chi connectivity index (χ0n) is 7.03.